The van der Waals surface area contributed by atoms with E-state index in [0.717, 1.165) is 27.3 Å². The number of hydroxylamine groups is 2. The first-order chi connectivity index (χ1) is 16.5. The van der Waals surface area contributed by atoms with Gasteiger partial charge in [-0.05, 0) is 49.9 Å². The van der Waals surface area contributed by atoms with Crippen molar-refractivity contribution in [1.29, 1.82) is 0 Å². The van der Waals surface area contributed by atoms with Crippen LogP contribution in [0.4, 0.5) is 4.79 Å². The zero-order chi connectivity index (χ0) is 25.8. The zero-order valence-electron chi connectivity index (χ0n) is 20.6. The van der Waals surface area contributed by atoms with Crippen molar-refractivity contribution >= 4 is 23.9 Å². The van der Waals surface area contributed by atoms with E-state index in [1.165, 1.54) is 13.8 Å². The molecule has 0 aliphatic heterocycles. The van der Waals surface area contributed by atoms with Crippen LogP contribution in [-0.2, 0) is 24.0 Å². The molecular weight excluding hydrogens is 450 g/mol. The summed E-state index contributed by atoms with van der Waals surface area (Å²) in [6.45, 7) is 7.49. The summed E-state index contributed by atoms with van der Waals surface area (Å²) in [5.41, 5.74) is 3.50. The van der Waals surface area contributed by atoms with Gasteiger partial charge in [-0.25, -0.2) is 9.59 Å². The Labute approximate surface area is 204 Å². The predicted octanol–water partition coefficient (Wildman–Crippen LogP) is 3.14. The Kier molecular flexibility index (Phi) is 7.78. The molecule has 35 heavy (non-hydrogen) atoms. The Balaban J connectivity index is 1.61. The molecule has 9 nitrogen and oxygen atoms in total. The lowest BCUT2D eigenvalue weighted by Crippen LogP contribution is -2.54. The van der Waals surface area contributed by atoms with Crippen molar-refractivity contribution in [3.05, 3.63) is 59.7 Å². The van der Waals surface area contributed by atoms with Crippen LogP contribution in [0.15, 0.2) is 48.5 Å². The number of amides is 3. The molecule has 1 aliphatic carbocycles. The largest absolute Gasteiger partial charge is 0.449 e. The number of rotatable bonds is 6. The molecule has 2 aromatic rings. The number of hydrogen-bond acceptors (Lipinski definition) is 6. The monoisotopic (exact) mass is 481 g/mol. The summed E-state index contributed by atoms with van der Waals surface area (Å²) < 4.78 is 5.50. The normalized spacial score (nSPS) is 13.2. The van der Waals surface area contributed by atoms with E-state index >= 15 is 0 Å². The van der Waals surface area contributed by atoms with Crippen LogP contribution < -0.4 is 10.6 Å². The summed E-state index contributed by atoms with van der Waals surface area (Å²) in [5.74, 6) is -1.96. The van der Waals surface area contributed by atoms with Gasteiger partial charge in [-0.15, -0.1) is 0 Å². The van der Waals surface area contributed by atoms with E-state index in [2.05, 4.69) is 10.6 Å². The molecule has 0 heterocycles. The van der Waals surface area contributed by atoms with Gasteiger partial charge in [-0.2, -0.15) is 5.06 Å². The average Bonchev–Trinajstić information content (AvgIpc) is 3.12. The van der Waals surface area contributed by atoms with Crippen LogP contribution in [0, 0.1) is 0 Å². The van der Waals surface area contributed by atoms with Crippen LogP contribution >= 0.6 is 0 Å². The van der Waals surface area contributed by atoms with E-state index in [4.69, 9.17) is 9.57 Å². The van der Waals surface area contributed by atoms with Crippen molar-refractivity contribution < 1.29 is 28.8 Å². The number of nitrogens with zero attached hydrogens (tertiary/aromatic N) is 1. The van der Waals surface area contributed by atoms with Crippen LogP contribution in [0.3, 0.4) is 0 Å². The molecule has 1 aliphatic rings. The Hall–Kier alpha value is -3.88. The average molecular weight is 482 g/mol. The van der Waals surface area contributed by atoms with Crippen LogP contribution in [0.5, 0.6) is 0 Å². The Morgan fingerprint density at radius 1 is 0.971 bits per heavy atom. The molecule has 0 bridgehead atoms. The SMILES string of the molecule is CC(=O)NCC(=O)ON(C(=O)[C@H](C)NC(=O)OCC1c2ccccc2-c2ccccc21)C(C)(C)C. The molecule has 0 unspecified atom stereocenters. The van der Waals surface area contributed by atoms with Gasteiger partial charge in [0.2, 0.25) is 5.91 Å². The minimum absolute atomic E-state index is 0.107. The zero-order valence-corrected chi connectivity index (χ0v) is 20.6. The number of hydrogen-bond donors (Lipinski definition) is 2. The molecule has 2 aromatic carbocycles. The lowest BCUT2D eigenvalue weighted by molar-refractivity contribution is -0.217. The van der Waals surface area contributed by atoms with Crippen LogP contribution in [0.25, 0.3) is 11.1 Å². The van der Waals surface area contributed by atoms with E-state index in [9.17, 15) is 19.2 Å². The van der Waals surface area contributed by atoms with Gasteiger partial charge < -0.3 is 20.2 Å². The first kappa shape index (κ1) is 25.7. The predicted molar refractivity (Wildman–Crippen MR) is 129 cm³/mol. The standard InChI is InChI=1S/C26H31N3O6/c1-16(24(32)29(26(3,4)5)35-23(31)14-27-17(2)30)28-25(33)34-15-22-20-12-8-6-10-18(20)19-11-7-9-13-21(19)22/h6-13,16,22H,14-15H2,1-5H3,(H,27,30)(H,28,33)/t16-/m0/s1. The second-order valence-electron chi connectivity index (χ2n) is 9.37. The Morgan fingerprint density at radius 2 is 1.51 bits per heavy atom. The molecule has 0 saturated heterocycles. The van der Waals surface area contributed by atoms with Gasteiger partial charge in [0, 0.05) is 12.8 Å². The topological polar surface area (TPSA) is 114 Å². The summed E-state index contributed by atoms with van der Waals surface area (Å²) in [6.07, 6.45) is -0.758. The van der Waals surface area contributed by atoms with E-state index in [-0.39, 0.29) is 19.1 Å². The minimum atomic E-state index is -1.03. The van der Waals surface area contributed by atoms with Crippen molar-refractivity contribution in [3.63, 3.8) is 0 Å². The van der Waals surface area contributed by atoms with Crippen molar-refractivity contribution in [2.45, 2.75) is 52.1 Å². The van der Waals surface area contributed by atoms with Crippen molar-refractivity contribution in [1.82, 2.24) is 15.7 Å². The minimum Gasteiger partial charge on any atom is -0.449 e. The first-order valence-electron chi connectivity index (χ1n) is 11.4. The van der Waals surface area contributed by atoms with Gasteiger partial charge in [0.05, 0.1) is 5.54 Å². The Bertz CT molecular complexity index is 1080. The third-order valence-corrected chi connectivity index (χ3v) is 5.53. The highest BCUT2D eigenvalue weighted by molar-refractivity contribution is 5.87. The molecule has 2 N–H and O–H groups in total. The second-order valence-corrected chi connectivity index (χ2v) is 9.37. The highest BCUT2D eigenvalue weighted by Crippen LogP contribution is 2.44. The van der Waals surface area contributed by atoms with Crippen LogP contribution in [0.2, 0.25) is 0 Å². The van der Waals surface area contributed by atoms with E-state index in [0.29, 0.717) is 0 Å². The molecular formula is C26H31N3O6. The summed E-state index contributed by atoms with van der Waals surface area (Å²) in [6, 6.07) is 14.9. The highest BCUT2D eigenvalue weighted by Gasteiger charge is 2.35. The molecule has 0 aromatic heterocycles. The smallest absolute Gasteiger partial charge is 0.407 e. The van der Waals surface area contributed by atoms with Gasteiger partial charge in [0.1, 0.15) is 19.2 Å². The van der Waals surface area contributed by atoms with Gasteiger partial charge in [-0.3, -0.25) is 9.59 Å². The number of benzene rings is 2. The lowest BCUT2D eigenvalue weighted by atomic mass is 9.98. The fourth-order valence-electron chi connectivity index (χ4n) is 3.90. The molecule has 0 saturated carbocycles. The number of carbonyl (C=O) groups is 4. The van der Waals surface area contributed by atoms with Crippen molar-refractivity contribution in [2.24, 2.45) is 0 Å². The van der Waals surface area contributed by atoms with E-state index < -0.39 is 35.5 Å². The number of nitrogens with one attached hydrogen (secondary N) is 2. The number of ether oxygens (including phenoxy) is 1. The van der Waals surface area contributed by atoms with Gasteiger partial charge >= 0.3 is 12.1 Å². The first-order valence-corrected chi connectivity index (χ1v) is 11.4. The third kappa shape index (κ3) is 6.17. The molecule has 3 amide bonds. The maximum absolute atomic E-state index is 13.0. The molecule has 9 heteroatoms. The molecule has 0 spiro atoms. The molecule has 0 radical (unpaired) electrons. The fourth-order valence-corrected chi connectivity index (χ4v) is 3.90. The third-order valence-electron chi connectivity index (χ3n) is 5.53. The molecule has 1 atom stereocenters. The second kappa shape index (κ2) is 10.6. The van der Waals surface area contributed by atoms with Crippen molar-refractivity contribution in [2.75, 3.05) is 13.2 Å². The Morgan fingerprint density at radius 3 is 2.03 bits per heavy atom. The number of alkyl carbamates (subject to hydrolysis) is 1. The summed E-state index contributed by atoms with van der Waals surface area (Å²) in [7, 11) is 0. The number of fused-ring (bicyclic) bond motifs is 3. The van der Waals surface area contributed by atoms with Crippen LogP contribution in [-0.4, -0.2) is 53.7 Å². The van der Waals surface area contributed by atoms with Crippen LogP contribution in [0.1, 0.15) is 51.7 Å². The summed E-state index contributed by atoms with van der Waals surface area (Å²) >= 11 is 0. The summed E-state index contributed by atoms with van der Waals surface area (Å²) in [5, 5.41) is 5.73. The highest BCUT2D eigenvalue weighted by atomic mass is 16.7. The quantitative estimate of drug-likeness (QED) is 0.613. The van der Waals surface area contributed by atoms with Gasteiger partial charge in [0.15, 0.2) is 0 Å². The van der Waals surface area contributed by atoms with Crippen molar-refractivity contribution in [3.8, 4) is 11.1 Å². The maximum Gasteiger partial charge on any atom is 0.407 e. The van der Waals surface area contributed by atoms with E-state index in [1.807, 2.05) is 48.5 Å². The lowest BCUT2D eigenvalue weighted by Gasteiger charge is -2.34. The molecule has 0 fully saturated rings. The van der Waals surface area contributed by atoms with Gasteiger partial charge in [-0.1, -0.05) is 48.5 Å². The van der Waals surface area contributed by atoms with Gasteiger partial charge in [0.25, 0.3) is 5.91 Å². The van der Waals surface area contributed by atoms with E-state index in [1.54, 1.807) is 20.8 Å². The fraction of sp³-hybridized carbons (Fsp3) is 0.385. The molecule has 186 valence electrons. The number of carbonyl (C=O) groups excluding carboxylic acids is 4. The summed E-state index contributed by atoms with van der Waals surface area (Å²) in [4.78, 5) is 53.8. The maximum atomic E-state index is 13.0. The molecule has 3 rings (SSSR count).